The van der Waals surface area contributed by atoms with Crippen LogP contribution in [0.4, 0.5) is 0 Å². The summed E-state index contributed by atoms with van der Waals surface area (Å²) in [4.78, 5) is 23.0. The van der Waals surface area contributed by atoms with Crippen molar-refractivity contribution in [3.63, 3.8) is 0 Å². The number of carbonyl (C=O) groups is 2. The predicted octanol–water partition coefficient (Wildman–Crippen LogP) is 1.36. The maximum absolute atomic E-state index is 11.9. The monoisotopic (exact) mass is 267 g/mol. The Hall–Kier alpha value is -1.66. The van der Waals surface area contributed by atoms with Crippen molar-refractivity contribution in [3.05, 3.63) is 28.0 Å². The van der Waals surface area contributed by atoms with E-state index in [1.807, 2.05) is 0 Å². The van der Waals surface area contributed by atoms with Gasteiger partial charge in [-0.1, -0.05) is 0 Å². The molecule has 1 aliphatic heterocycles. The van der Waals surface area contributed by atoms with Gasteiger partial charge < -0.3 is 15.2 Å². The van der Waals surface area contributed by atoms with Crippen molar-refractivity contribution in [3.8, 4) is 0 Å². The Balaban J connectivity index is 1.96. The molecular weight excluding hydrogens is 254 g/mol. The summed E-state index contributed by atoms with van der Waals surface area (Å²) in [5.41, 5.74) is 0.553. The molecule has 0 aliphatic carbocycles. The Morgan fingerprint density at radius 1 is 1.56 bits per heavy atom. The van der Waals surface area contributed by atoms with Crippen LogP contribution in [0.15, 0.2) is 17.5 Å². The second kappa shape index (κ2) is 5.79. The molecule has 1 amide bonds. The van der Waals surface area contributed by atoms with Crippen molar-refractivity contribution in [1.29, 1.82) is 0 Å². The first-order chi connectivity index (χ1) is 8.65. The molecule has 1 unspecified atom stereocenters. The maximum atomic E-state index is 11.9. The van der Waals surface area contributed by atoms with E-state index in [0.717, 1.165) is 17.4 Å². The third-order valence-electron chi connectivity index (χ3n) is 2.54. The number of nitrogens with one attached hydrogen (secondary N) is 1. The minimum Gasteiger partial charge on any atom is -0.478 e. The minimum absolute atomic E-state index is 0.0791. The second-order valence-corrected chi connectivity index (χ2v) is 4.89. The Morgan fingerprint density at radius 2 is 2.39 bits per heavy atom. The molecule has 1 atom stereocenters. The summed E-state index contributed by atoms with van der Waals surface area (Å²) in [7, 11) is 0. The van der Waals surface area contributed by atoms with Gasteiger partial charge in [0.1, 0.15) is 0 Å². The quantitative estimate of drug-likeness (QED) is 0.808. The highest BCUT2D eigenvalue weighted by atomic mass is 32.1. The fraction of sp³-hybridized carbons (Fsp3) is 0.333. The van der Waals surface area contributed by atoms with Crippen LogP contribution in [0.3, 0.4) is 0 Å². The van der Waals surface area contributed by atoms with Gasteiger partial charge in [0.15, 0.2) is 0 Å². The van der Waals surface area contributed by atoms with Crippen LogP contribution in [0.5, 0.6) is 0 Å². The third kappa shape index (κ3) is 3.41. The van der Waals surface area contributed by atoms with Crippen LogP contribution < -0.4 is 5.32 Å². The van der Waals surface area contributed by atoms with Crippen molar-refractivity contribution in [1.82, 2.24) is 5.32 Å². The number of aliphatic carboxylic acids is 1. The van der Waals surface area contributed by atoms with Gasteiger partial charge in [-0.05, 0) is 18.6 Å². The molecule has 1 aromatic heterocycles. The number of carboxylic acids is 1. The van der Waals surface area contributed by atoms with Crippen LogP contribution >= 0.6 is 11.3 Å². The lowest BCUT2D eigenvalue weighted by Crippen LogP contribution is -2.34. The van der Waals surface area contributed by atoms with Gasteiger partial charge in [-0.3, -0.25) is 4.79 Å². The Bertz CT molecular complexity index is 474. The van der Waals surface area contributed by atoms with E-state index in [9.17, 15) is 9.59 Å². The van der Waals surface area contributed by atoms with E-state index < -0.39 is 5.97 Å². The van der Waals surface area contributed by atoms with E-state index in [1.165, 1.54) is 17.4 Å². The van der Waals surface area contributed by atoms with Gasteiger partial charge in [0.2, 0.25) is 0 Å². The first kappa shape index (κ1) is 12.8. The van der Waals surface area contributed by atoms with Gasteiger partial charge in [-0.15, -0.1) is 11.3 Å². The summed E-state index contributed by atoms with van der Waals surface area (Å²) in [6, 6.07) is 1.75. The Kier molecular flexibility index (Phi) is 4.11. The van der Waals surface area contributed by atoms with E-state index in [1.54, 1.807) is 11.4 Å². The number of carboxylic acid groups (broad SMARTS) is 1. The van der Waals surface area contributed by atoms with E-state index in [0.29, 0.717) is 18.8 Å². The molecule has 1 fully saturated rings. The molecule has 6 heteroatoms. The average molecular weight is 267 g/mol. The van der Waals surface area contributed by atoms with Gasteiger partial charge in [0, 0.05) is 22.9 Å². The third-order valence-corrected chi connectivity index (χ3v) is 3.43. The van der Waals surface area contributed by atoms with Crippen LogP contribution in [0.25, 0.3) is 6.08 Å². The molecule has 0 spiro atoms. The summed E-state index contributed by atoms with van der Waals surface area (Å²) in [6.07, 6.45) is 3.36. The fourth-order valence-corrected chi connectivity index (χ4v) is 2.41. The summed E-state index contributed by atoms with van der Waals surface area (Å²) < 4.78 is 5.18. The van der Waals surface area contributed by atoms with Crippen LogP contribution in [-0.4, -0.2) is 36.2 Å². The molecule has 0 bridgehead atoms. The zero-order valence-corrected chi connectivity index (χ0v) is 10.4. The molecule has 1 aliphatic rings. The van der Waals surface area contributed by atoms with Crippen molar-refractivity contribution < 1.29 is 19.4 Å². The molecule has 96 valence electrons. The average Bonchev–Trinajstić information content (AvgIpc) is 2.96. The largest absolute Gasteiger partial charge is 0.478 e. The predicted molar refractivity (Wildman–Crippen MR) is 67.7 cm³/mol. The van der Waals surface area contributed by atoms with Crippen molar-refractivity contribution in [2.75, 3.05) is 13.2 Å². The molecular formula is C12H13NO4S. The Morgan fingerprint density at radius 3 is 3.06 bits per heavy atom. The molecule has 1 saturated heterocycles. The number of hydrogen-bond acceptors (Lipinski definition) is 4. The number of hydrogen-bond donors (Lipinski definition) is 2. The zero-order chi connectivity index (χ0) is 13.0. The van der Waals surface area contributed by atoms with Crippen LogP contribution in [0.1, 0.15) is 21.7 Å². The molecule has 2 N–H and O–H groups in total. The molecule has 5 nitrogen and oxygen atoms in total. The van der Waals surface area contributed by atoms with Crippen molar-refractivity contribution >= 4 is 29.3 Å². The van der Waals surface area contributed by atoms with Crippen molar-refractivity contribution in [2.45, 2.75) is 12.5 Å². The van der Waals surface area contributed by atoms with Crippen molar-refractivity contribution in [2.24, 2.45) is 0 Å². The van der Waals surface area contributed by atoms with Gasteiger partial charge in [-0.2, -0.15) is 0 Å². The van der Waals surface area contributed by atoms with E-state index in [4.69, 9.17) is 9.84 Å². The smallest absolute Gasteiger partial charge is 0.328 e. The number of amides is 1. The number of ether oxygens (including phenoxy) is 1. The standard InChI is InChI=1S/C12H13NO4S/c14-11(15)2-1-10-5-8(7-18-10)12(16)13-9-3-4-17-6-9/h1-2,5,7,9H,3-4,6H2,(H,13,16)(H,14,15)/b2-1+. The molecule has 18 heavy (non-hydrogen) atoms. The highest BCUT2D eigenvalue weighted by molar-refractivity contribution is 7.11. The normalized spacial score (nSPS) is 19.2. The zero-order valence-electron chi connectivity index (χ0n) is 9.59. The summed E-state index contributed by atoms with van der Waals surface area (Å²) in [6.45, 7) is 1.24. The summed E-state index contributed by atoms with van der Waals surface area (Å²) in [5.74, 6) is -1.14. The van der Waals surface area contributed by atoms with E-state index >= 15 is 0 Å². The van der Waals surface area contributed by atoms with Crippen LogP contribution in [-0.2, 0) is 9.53 Å². The highest BCUT2D eigenvalue weighted by Crippen LogP contribution is 2.17. The maximum Gasteiger partial charge on any atom is 0.328 e. The molecule has 0 saturated carbocycles. The molecule has 2 heterocycles. The van der Waals surface area contributed by atoms with Gasteiger partial charge in [0.05, 0.1) is 18.2 Å². The Labute approximate surface area is 108 Å². The first-order valence-corrected chi connectivity index (χ1v) is 6.41. The van der Waals surface area contributed by atoms with Crippen LogP contribution in [0, 0.1) is 0 Å². The fourth-order valence-electron chi connectivity index (χ4n) is 1.63. The molecule has 0 radical (unpaired) electrons. The van der Waals surface area contributed by atoms with E-state index in [2.05, 4.69) is 5.32 Å². The second-order valence-electron chi connectivity index (χ2n) is 3.94. The summed E-state index contributed by atoms with van der Waals surface area (Å²) >= 11 is 1.34. The van der Waals surface area contributed by atoms with Crippen LogP contribution in [0.2, 0.25) is 0 Å². The first-order valence-electron chi connectivity index (χ1n) is 5.53. The number of rotatable bonds is 4. The molecule has 2 rings (SSSR count). The summed E-state index contributed by atoms with van der Waals surface area (Å²) in [5, 5.41) is 13.1. The number of carbonyl (C=O) groups excluding carboxylic acids is 1. The number of thiophene rings is 1. The molecule has 0 aromatic carbocycles. The lowest BCUT2D eigenvalue weighted by Gasteiger charge is -2.08. The lowest BCUT2D eigenvalue weighted by molar-refractivity contribution is -0.131. The minimum atomic E-state index is -1.00. The van der Waals surface area contributed by atoms with E-state index in [-0.39, 0.29) is 11.9 Å². The highest BCUT2D eigenvalue weighted by Gasteiger charge is 2.18. The topological polar surface area (TPSA) is 75.6 Å². The van der Waals surface area contributed by atoms with Gasteiger partial charge in [-0.25, -0.2) is 4.79 Å². The van der Waals surface area contributed by atoms with Gasteiger partial charge in [0.25, 0.3) is 5.91 Å². The SMILES string of the molecule is O=C(O)/C=C/c1cc(C(=O)NC2CCOC2)cs1. The van der Waals surface area contributed by atoms with Gasteiger partial charge >= 0.3 is 5.97 Å². The molecule has 1 aromatic rings. The lowest BCUT2D eigenvalue weighted by atomic mass is 10.2.